The topological polar surface area (TPSA) is 42.7 Å². The maximum absolute atomic E-state index is 6.12. The summed E-state index contributed by atoms with van der Waals surface area (Å²) >= 11 is 12.2. The number of benzene rings is 1. The third-order valence-electron chi connectivity index (χ3n) is 3.32. The van der Waals surface area contributed by atoms with E-state index < -0.39 is 0 Å². The van der Waals surface area contributed by atoms with Crippen molar-refractivity contribution >= 4 is 28.9 Å². The van der Waals surface area contributed by atoms with Crippen LogP contribution in [0, 0.1) is 0 Å². The van der Waals surface area contributed by atoms with E-state index in [0.717, 1.165) is 30.3 Å². The van der Waals surface area contributed by atoms with Crippen LogP contribution in [0.4, 0.5) is 5.69 Å². The predicted molar refractivity (Wildman–Crippen MR) is 76.7 cm³/mol. The molecule has 0 fully saturated rings. The highest BCUT2D eigenvalue weighted by Gasteiger charge is 2.15. The number of hydrogen-bond acceptors (Lipinski definition) is 3. The Morgan fingerprint density at radius 2 is 1.95 bits per heavy atom. The first-order valence-corrected chi connectivity index (χ1v) is 7.10. The summed E-state index contributed by atoms with van der Waals surface area (Å²) in [5.74, 6) is 2.01. The second-order valence-corrected chi connectivity index (χ2v) is 5.41. The highest BCUT2D eigenvalue weighted by Crippen LogP contribution is 2.30. The SMILES string of the molecule is Clc1cccc(Cl)c1NCc1nnc2n1CCCC2. The normalized spacial score (nSPS) is 14.2. The Hall–Kier alpha value is -1.26. The molecule has 0 spiro atoms. The van der Waals surface area contributed by atoms with Crippen LogP contribution in [0.15, 0.2) is 18.2 Å². The highest BCUT2D eigenvalue weighted by molar-refractivity contribution is 6.39. The van der Waals surface area contributed by atoms with Crippen molar-refractivity contribution in [2.24, 2.45) is 0 Å². The number of rotatable bonds is 3. The lowest BCUT2D eigenvalue weighted by molar-refractivity contribution is 0.510. The molecule has 0 saturated heterocycles. The molecule has 1 aromatic carbocycles. The van der Waals surface area contributed by atoms with E-state index in [0.29, 0.717) is 16.6 Å². The zero-order chi connectivity index (χ0) is 13.2. The Balaban J connectivity index is 1.78. The molecule has 1 aromatic heterocycles. The van der Waals surface area contributed by atoms with Gasteiger partial charge in [-0.1, -0.05) is 29.3 Å². The van der Waals surface area contributed by atoms with Crippen molar-refractivity contribution in [2.75, 3.05) is 5.32 Å². The fourth-order valence-electron chi connectivity index (χ4n) is 2.33. The van der Waals surface area contributed by atoms with Gasteiger partial charge in [-0.25, -0.2) is 0 Å². The largest absolute Gasteiger partial charge is 0.375 e. The van der Waals surface area contributed by atoms with E-state index in [1.165, 1.54) is 12.8 Å². The van der Waals surface area contributed by atoms with Crippen LogP contribution in [-0.4, -0.2) is 14.8 Å². The molecule has 19 heavy (non-hydrogen) atoms. The first-order chi connectivity index (χ1) is 9.25. The minimum Gasteiger partial charge on any atom is -0.375 e. The third kappa shape index (κ3) is 2.55. The van der Waals surface area contributed by atoms with Crippen LogP contribution in [0.25, 0.3) is 0 Å². The lowest BCUT2D eigenvalue weighted by Gasteiger charge is -2.15. The van der Waals surface area contributed by atoms with Gasteiger partial charge in [-0.05, 0) is 25.0 Å². The fourth-order valence-corrected chi connectivity index (χ4v) is 2.86. The number of nitrogens with zero attached hydrogens (tertiary/aromatic N) is 3. The van der Waals surface area contributed by atoms with Gasteiger partial charge in [0, 0.05) is 13.0 Å². The summed E-state index contributed by atoms with van der Waals surface area (Å²) in [5, 5.41) is 12.9. The Morgan fingerprint density at radius 3 is 2.74 bits per heavy atom. The number of fused-ring (bicyclic) bond motifs is 1. The molecule has 0 aliphatic carbocycles. The number of hydrogen-bond donors (Lipinski definition) is 1. The average Bonchev–Trinajstić information content (AvgIpc) is 2.82. The Morgan fingerprint density at radius 1 is 1.16 bits per heavy atom. The summed E-state index contributed by atoms with van der Waals surface area (Å²) in [4.78, 5) is 0. The number of anilines is 1. The van der Waals surface area contributed by atoms with Crippen LogP contribution in [0.2, 0.25) is 10.0 Å². The van der Waals surface area contributed by atoms with Crippen LogP contribution in [-0.2, 0) is 19.5 Å². The van der Waals surface area contributed by atoms with Crippen molar-refractivity contribution in [1.29, 1.82) is 0 Å². The zero-order valence-corrected chi connectivity index (χ0v) is 11.9. The molecular weight excluding hydrogens is 283 g/mol. The van der Waals surface area contributed by atoms with Gasteiger partial charge >= 0.3 is 0 Å². The molecular formula is C13H14Cl2N4. The zero-order valence-electron chi connectivity index (χ0n) is 10.4. The molecule has 100 valence electrons. The summed E-state index contributed by atoms with van der Waals surface area (Å²) in [7, 11) is 0. The smallest absolute Gasteiger partial charge is 0.152 e. The molecule has 6 heteroatoms. The second-order valence-electron chi connectivity index (χ2n) is 4.59. The monoisotopic (exact) mass is 296 g/mol. The van der Waals surface area contributed by atoms with E-state index in [4.69, 9.17) is 23.2 Å². The van der Waals surface area contributed by atoms with Gasteiger partial charge in [0.25, 0.3) is 0 Å². The van der Waals surface area contributed by atoms with E-state index >= 15 is 0 Å². The minimum absolute atomic E-state index is 0.580. The van der Waals surface area contributed by atoms with Crippen molar-refractivity contribution in [1.82, 2.24) is 14.8 Å². The first kappa shape index (κ1) is 12.8. The predicted octanol–water partition coefficient (Wildman–Crippen LogP) is 3.53. The average molecular weight is 297 g/mol. The molecule has 3 rings (SSSR count). The minimum atomic E-state index is 0.580. The molecule has 1 aliphatic heterocycles. The molecule has 0 saturated carbocycles. The molecule has 2 heterocycles. The number of halogens is 2. The first-order valence-electron chi connectivity index (χ1n) is 6.34. The van der Waals surface area contributed by atoms with Crippen LogP contribution in [0.1, 0.15) is 24.5 Å². The van der Waals surface area contributed by atoms with Crippen molar-refractivity contribution < 1.29 is 0 Å². The van der Waals surface area contributed by atoms with E-state index in [9.17, 15) is 0 Å². The van der Waals surface area contributed by atoms with Gasteiger partial charge in [-0.15, -0.1) is 10.2 Å². The van der Waals surface area contributed by atoms with Crippen LogP contribution >= 0.6 is 23.2 Å². The fraction of sp³-hybridized carbons (Fsp3) is 0.385. The van der Waals surface area contributed by atoms with Gasteiger partial charge in [-0.2, -0.15) is 0 Å². The van der Waals surface area contributed by atoms with E-state index in [1.54, 1.807) is 0 Å². The van der Waals surface area contributed by atoms with Gasteiger partial charge in [0.15, 0.2) is 5.82 Å². The van der Waals surface area contributed by atoms with Crippen LogP contribution in [0.5, 0.6) is 0 Å². The second kappa shape index (κ2) is 5.39. The molecule has 0 amide bonds. The van der Waals surface area contributed by atoms with Crippen molar-refractivity contribution in [2.45, 2.75) is 32.4 Å². The van der Waals surface area contributed by atoms with E-state index in [2.05, 4.69) is 20.1 Å². The summed E-state index contributed by atoms with van der Waals surface area (Å²) in [5.41, 5.74) is 0.749. The molecule has 1 aliphatic rings. The van der Waals surface area contributed by atoms with Crippen molar-refractivity contribution in [3.8, 4) is 0 Å². The van der Waals surface area contributed by atoms with Crippen molar-refractivity contribution in [3.05, 3.63) is 39.9 Å². The summed E-state index contributed by atoms with van der Waals surface area (Å²) in [6.07, 6.45) is 3.40. The molecule has 4 nitrogen and oxygen atoms in total. The number of aromatic nitrogens is 3. The maximum Gasteiger partial charge on any atom is 0.152 e. The Labute approximate surface area is 121 Å². The van der Waals surface area contributed by atoms with Gasteiger partial charge in [0.05, 0.1) is 22.3 Å². The maximum atomic E-state index is 6.12. The van der Waals surface area contributed by atoms with Crippen LogP contribution in [0.3, 0.4) is 0 Å². The van der Waals surface area contributed by atoms with Gasteiger partial charge in [0.2, 0.25) is 0 Å². The van der Waals surface area contributed by atoms with Crippen molar-refractivity contribution in [3.63, 3.8) is 0 Å². The highest BCUT2D eigenvalue weighted by atomic mass is 35.5. The van der Waals surface area contributed by atoms with Gasteiger partial charge in [0.1, 0.15) is 5.82 Å². The van der Waals surface area contributed by atoms with E-state index in [1.807, 2.05) is 18.2 Å². The molecule has 0 radical (unpaired) electrons. The summed E-state index contributed by atoms with van der Waals surface area (Å²) in [6.45, 7) is 1.58. The van der Waals surface area contributed by atoms with Crippen LogP contribution < -0.4 is 5.32 Å². The molecule has 0 bridgehead atoms. The standard InChI is InChI=1S/C13H14Cl2N4/c14-9-4-3-5-10(15)13(9)16-8-12-18-17-11-6-1-2-7-19(11)12/h3-5,16H,1-2,6-8H2. The molecule has 2 aromatic rings. The molecule has 0 unspecified atom stereocenters. The molecule has 0 atom stereocenters. The summed E-state index contributed by atoms with van der Waals surface area (Å²) in [6, 6.07) is 5.46. The number of nitrogens with one attached hydrogen (secondary N) is 1. The quantitative estimate of drug-likeness (QED) is 0.942. The Bertz CT molecular complexity index is 574. The number of para-hydroxylation sites is 1. The van der Waals surface area contributed by atoms with Gasteiger partial charge < -0.3 is 9.88 Å². The summed E-state index contributed by atoms with van der Waals surface area (Å²) < 4.78 is 2.18. The Kier molecular flexibility index (Phi) is 3.62. The lowest BCUT2D eigenvalue weighted by atomic mass is 10.2. The third-order valence-corrected chi connectivity index (χ3v) is 3.95. The van der Waals surface area contributed by atoms with E-state index in [-0.39, 0.29) is 0 Å². The van der Waals surface area contributed by atoms with Gasteiger partial charge in [-0.3, -0.25) is 0 Å². The molecule has 1 N–H and O–H groups in total. The lowest BCUT2D eigenvalue weighted by Crippen LogP contribution is -2.15. The number of aryl methyl sites for hydroxylation is 1.